The van der Waals surface area contributed by atoms with Crippen LogP contribution < -0.4 is 5.32 Å². The largest absolute Gasteiger partial charge is 0.480 e. The maximum absolute atomic E-state index is 12.2. The van der Waals surface area contributed by atoms with Crippen molar-refractivity contribution in [3.63, 3.8) is 0 Å². The normalized spacial score (nSPS) is 15.1. The molecule has 2 N–H and O–H groups in total. The molecule has 0 heterocycles. The molecule has 7 heteroatoms. The molecule has 0 aromatic rings. The van der Waals surface area contributed by atoms with Crippen LogP contribution in [0, 0.1) is 0 Å². The van der Waals surface area contributed by atoms with Crippen molar-refractivity contribution in [3.8, 4) is 0 Å². The first-order valence-electron chi connectivity index (χ1n) is 7.45. The lowest BCUT2D eigenvalue weighted by molar-refractivity contribution is -0.143. The molecular weight excluding hydrogens is 276 g/mol. The summed E-state index contributed by atoms with van der Waals surface area (Å²) in [7, 11) is 0. The van der Waals surface area contributed by atoms with E-state index in [1.165, 1.54) is 4.90 Å². The van der Waals surface area contributed by atoms with Gasteiger partial charge in [-0.1, -0.05) is 19.8 Å². The molecule has 0 spiro atoms. The van der Waals surface area contributed by atoms with Crippen LogP contribution in [0.1, 0.15) is 46.0 Å². The van der Waals surface area contributed by atoms with Crippen molar-refractivity contribution in [2.24, 2.45) is 0 Å². The zero-order valence-electron chi connectivity index (χ0n) is 12.6. The van der Waals surface area contributed by atoms with Gasteiger partial charge >= 0.3 is 18.0 Å². The Hall–Kier alpha value is -1.79. The van der Waals surface area contributed by atoms with Gasteiger partial charge < -0.3 is 20.1 Å². The number of unbranched alkanes of at least 4 members (excludes halogenated alkanes) is 1. The minimum absolute atomic E-state index is 0.00928. The summed E-state index contributed by atoms with van der Waals surface area (Å²) in [5.74, 6) is -1.52. The molecule has 0 radical (unpaired) electrons. The minimum atomic E-state index is -1.05. The Morgan fingerprint density at radius 1 is 1.33 bits per heavy atom. The molecule has 0 saturated heterocycles. The van der Waals surface area contributed by atoms with E-state index in [4.69, 9.17) is 9.84 Å². The molecule has 2 amide bonds. The zero-order chi connectivity index (χ0) is 15.8. The van der Waals surface area contributed by atoms with E-state index in [1.807, 2.05) is 6.92 Å². The molecule has 1 saturated carbocycles. The molecule has 1 fully saturated rings. The third-order valence-electron chi connectivity index (χ3n) is 3.30. The number of hydrogen-bond donors (Lipinski definition) is 2. The Morgan fingerprint density at radius 2 is 2.00 bits per heavy atom. The highest BCUT2D eigenvalue weighted by Gasteiger charge is 2.35. The average molecular weight is 300 g/mol. The summed E-state index contributed by atoms with van der Waals surface area (Å²) in [5.41, 5.74) is 0. The van der Waals surface area contributed by atoms with E-state index in [1.54, 1.807) is 6.92 Å². The third kappa shape index (κ3) is 6.01. The van der Waals surface area contributed by atoms with Gasteiger partial charge in [0.05, 0.1) is 6.61 Å². The highest BCUT2D eigenvalue weighted by Crippen LogP contribution is 2.26. The summed E-state index contributed by atoms with van der Waals surface area (Å²) in [6, 6.07) is -1.41. The molecule has 1 aliphatic carbocycles. The lowest BCUT2D eigenvalue weighted by atomic mass is 10.1. The summed E-state index contributed by atoms with van der Waals surface area (Å²) >= 11 is 0. The quantitative estimate of drug-likeness (QED) is 0.627. The molecule has 0 bridgehead atoms. The lowest BCUT2D eigenvalue weighted by Crippen LogP contribution is -2.50. The Bertz CT molecular complexity index is 382. The summed E-state index contributed by atoms with van der Waals surface area (Å²) < 4.78 is 4.84. The maximum atomic E-state index is 12.2. The summed E-state index contributed by atoms with van der Waals surface area (Å²) in [6.07, 6.45) is 3.63. The van der Waals surface area contributed by atoms with Crippen LogP contribution in [-0.2, 0) is 14.3 Å². The van der Waals surface area contributed by atoms with Gasteiger partial charge in [0.25, 0.3) is 0 Å². The van der Waals surface area contributed by atoms with Gasteiger partial charge in [-0.05, 0) is 26.2 Å². The molecule has 1 aliphatic rings. The van der Waals surface area contributed by atoms with Crippen molar-refractivity contribution in [2.45, 2.75) is 58.0 Å². The molecule has 0 aliphatic heterocycles. The monoisotopic (exact) mass is 300 g/mol. The summed E-state index contributed by atoms with van der Waals surface area (Å²) in [4.78, 5) is 36.2. The predicted molar refractivity (Wildman–Crippen MR) is 75.8 cm³/mol. The van der Waals surface area contributed by atoms with E-state index in [0.29, 0.717) is 6.42 Å². The van der Waals surface area contributed by atoms with E-state index in [9.17, 15) is 14.4 Å². The van der Waals surface area contributed by atoms with Crippen LogP contribution >= 0.6 is 0 Å². The second-order valence-electron chi connectivity index (χ2n) is 5.15. The fraction of sp³-hybridized carbons (Fsp3) is 0.786. The molecule has 7 nitrogen and oxygen atoms in total. The van der Waals surface area contributed by atoms with Gasteiger partial charge in [0.2, 0.25) is 0 Å². The Balaban J connectivity index is 2.58. The second kappa shape index (κ2) is 8.49. The SMILES string of the molecule is CCCC[C@H](NC(=O)N(CC(=O)OCC)C1CC1)C(=O)O. The molecule has 1 rings (SSSR count). The van der Waals surface area contributed by atoms with Gasteiger partial charge in [0.1, 0.15) is 12.6 Å². The van der Waals surface area contributed by atoms with Crippen LogP contribution in [0.2, 0.25) is 0 Å². The molecule has 1 atom stereocenters. The number of carboxylic acid groups (broad SMARTS) is 1. The fourth-order valence-corrected chi connectivity index (χ4v) is 2.00. The van der Waals surface area contributed by atoms with Crippen molar-refractivity contribution in [3.05, 3.63) is 0 Å². The van der Waals surface area contributed by atoms with Crippen LogP contribution in [0.4, 0.5) is 4.79 Å². The van der Waals surface area contributed by atoms with Crippen LogP contribution in [0.3, 0.4) is 0 Å². The topological polar surface area (TPSA) is 95.9 Å². The van der Waals surface area contributed by atoms with E-state index in [0.717, 1.165) is 25.7 Å². The van der Waals surface area contributed by atoms with E-state index in [2.05, 4.69) is 5.32 Å². The van der Waals surface area contributed by atoms with Crippen LogP contribution in [-0.4, -0.2) is 53.2 Å². The van der Waals surface area contributed by atoms with Gasteiger partial charge in [-0.2, -0.15) is 0 Å². The number of urea groups is 1. The summed E-state index contributed by atoms with van der Waals surface area (Å²) in [6.45, 7) is 3.78. The number of aliphatic carboxylic acids is 1. The first-order chi connectivity index (χ1) is 9.99. The molecular formula is C14H24N2O5. The van der Waals surface area contributed by atoms with Crippen molar-refractivity contribution < 1.29 is 24.2 Å². The van der Waals surface area contributed by atoms with E-state index < -0.39 is 24.0 Å². The number of esters is 1. The van der Waals surface area contributed by atoms with Gasteiger partial charge in [-0.15, -0.1) is 0 Å². The van der Waals surface area contributed by atoms with Gasteiger partial charge in [-0.25, -0.2) is 9.59 Å². The van der Waals surface area contributed by atoms with Crippen LogP contribution in [0.5, 0.6) is 0 Å². The van der Waals surface area contributed by atoms with Crippen molar-refractivity contribution >= 4 is 18.0 Å². The van der Waals surface area contributed by atoms with Gasteiger partial charge in [0.15, 0.2) is 0 Å². The standard InChI is InChI=1S/C14H24N2O5/c1-3-5-6-11(13(18)19)15-14(20)16(10-7-8-10)9-12(17)21-4-2/h10-11H,3-9H2,1-2H3,(H,15,20)(H,18,19)/t11-/m0/s1. The highest BCUT2D eigenvalue weighted by molar-refractivity contribution is 5.85. The number of carbonyl (C=O) groups excluding carboxylic acids is 2. The highest BCUT2D eigenvalue weighted by atomic mass is 16.5. The summed E-state index contributed by atoms with van der Waals surface area (Å²) in [5, 5.41) is 11.6. The number of ether oxygens (including phenoxy) is 1. The number of nitrogens with one attached hydrogen (secondary N) is 1. The smallest absolute Gasteiger partial charge is 0.326 e. The van der Waals surface area contributed by atoms with Gasteiger partial charge in [0, 0.05) is 6.04 Å². The molecule has 120 valence electrons. The number of carbonyl (C=O) groups is 3. The first kappa shape index (κ1) is 17.3. The number of amides is 2. The minimum Gasteiger partial charge on any atom is -0.480 e. The molecule has 0 aromatic carbocycles. The molecule has 0 unspecified atom stereocenters. The lowest BCUT2D eigenvalue weighted by Gasteiger charge is -2.24. The number of rotatable bonds is 9. The Labute approximate surface area is 124 Å². The van der Waals surface area contributed by atoms with Crippen LogP contribution in [0.25, 0.3) is 0 Å². The third-order valence-corrected chi connectivity index (χ3v) is 3.30. The maximum Gasteiger partial charge on any atom is 0.326 e. The van der Waals surface area contributed by atoms with Crippen LogP contribution in [0.15, 0.2) is 0 Å². The number of hydrogen-bond acceptors (Lipinski definition) is 4. The first-order valence-corrected chi connectivity index (χ1v) is 7.45. The van der Waals surface area contributed by atoms with E-state index in [-0.39, 0.29) is 19.2 Å². The average Bonchev–Trinajstić information content (AvgIpc) is 3.25. The van der Waals surface area contributed by atoms with Gasteiger partial charge in [-0.3, -0.25) is 4.79 Å². The fourth-order valence-electron chi connectivity index (χ4n) is 2.00. The molecule has 21 heavy (non-hydrogen) atoms. The zero-order valence-corrected chi connectivity index (χ0v) is 12.6. The number of nitrogens with zero attached hydrogens (tertiary/aromatic N) is 1. The Kier molecular flexibility index (Phi) is 6.98. The number of carboxylic acids is 1. The molecule has 0 aromatic heterocycles. The predicted octanol–water partition coefficient (Wildman–Crippen LogP) is 1.37. The van der Waals surface area contributed by atoms with Crippen molar-refractivity contribution in [1.29, 1.82) is 0 Å². The van der Waals surface area contributed by atoms with E-state index >= 15 is 0 Å². The van der Waals surface area contributed by atoms with Crippen molar-refractivity contribution in [2.75, 3.05) is 13.2 Å². The Morgan fingerprint density at radius 3 is 2.48 bits per heavy atom. The van der Waals surface area contributed by atoms with Crippen molar-refractivity contribution in [1.82, 2.24) is 10.2 Å². The second-order valence-corrected chi connectivity index (χ2v) is 5.15.